The number of anilines is 1. The molecule has 0 unspecified atom stereocenters. The van der Waals surface area contributed by atoms with E-state index in [0.717, 1.165) is 5.69 Å². The van der Waals surface area contributed by atoms with Crippen LogP contribution in [0.3, 0.4) is 0 Å². The highest BCUT2D eigenvalue weighted by Gasteiger charge is 2.16. The van der Waals surface area contributed by atoms with Crippen molar-refractivity contribution >= 4 is 22.4 Å². The average Bonchev–Trinajstić information content (AvgIpc) is 2.53. The molecule has 3 rings (SSSR count). The molecule has 4 heteroatoms. The molecule has 0 radical (unpaired) electrons. The lowest BCUT2D eigenvalue weighted by Crippen LogP contribution is -2.43. The van der Waals surface area contributed by atoms with Crippen LogP contribution in [-0.4, -0.2) is 43.7 Å². The molecule has 1 amide bonds. The maximum Gasteiger partial charge on any atom is 0.242 e. The van der Waals surface area contributed by atoms with Crippen LogP contribution in [0.25, 0.3) is 10.8 Å². The molecule has 1 aliphatic heterocycles. The Labute approximate surface area is 118 Å². The van der Waals surface area contributed by atoms with Gasteiger partial charge in [0.05, 0.1) is 19.8 Å². The molecule has 1 heterocycles. The van der Waals surface area contributed by atoms with Crippen LogP contribution in [0.5, 0.6) is 0 Å². The minimum absolute atomic E-state index is 0.126. The first-order chi connectivity index (χ1) is 9.83. The molecular weight excluding hydrogens is 252 g/mol. The Balaban J connectivity index is 1.62. The zero-order chi connectivity index (χ0) is 13.8. The van der Waals surface area contributed by atoms with Gasteiger partial charge < -0.3 is 15.0 Å². The predicted octanol–water partition coefficient (Wildman–Crippen LogP) is 2.11. The molecule has 20 heavy (non-hydrogen) atoms. The van der Waals surface area contributed by atoms with Crippen LogP contribution >= 0.6 is 0 Å². The molecule has 1 saturated heterocycles. The second-order valence-electron chi connectivity index (χ2n) is 4.91. The summed E-state index contributed by atoms with van der Waals surface area (Å²) >= 11 is 0. The maximum atomic E-state index is 12.0. The maximum absolute atomic E-state index is 12.0. The summed E-state index contributed by atoms with van der Waals surface area (Å²) in [7, 11) is 0. The minimum Gasteiger partial charge on any atom is -0.378 e. The first-order valence-electron chi connectivity index (χ1n) is 6.91. The molecule has 0 aromatic heterocycles. The third-order valence-corrected chi connectivity index (χ3v) is 3.56. The Bertz CT molecular complexity index is 606. The zero-order valence-corrected chi connectivity index (χ0v) is 11.3. The number of nitrogens with zero attached hydrogens (tertiary/aromatic N) is 1. The summed E-state index contributed by atoms with van der Waals surface area (Å²) in [5.74, 6) is 0.126. The Morgan fingerprint density at radius 3 is 2.65 bits per heavy atom. The van der Waals surface area contributed by atoms with Gasteiger partial charge in [-0.15, -0.1) is 0 Å². The highest BCUT2D eigenvalue weighted by Crippen LogP contribution is 2.18. The normalized spacial score (nSPS) is 15.3. The van der Waals surface area contributed by atoms with E-state index in [0.29, 0.717) is 32.8 Å². The van der Waals surface area contributed by atoms with E-state index in [1.807, 2.05) is 23.1 Å². The Hall–Kier alpha value is -2.07. The lowest BCUT2D eigenvalue weighted by atomic mass is 10.1. The van der Waals surface area contributed by atoms with Crippen molar-refractivity contribution in [2.24, 2.45) is 0 Å². The van der Waals surface area contributed by atoms with Crippen molar-refractivity contribution in [2.75, 3.05) is 38.2 Å². The molecule has 0 atom stereocenters. The van der Waals surface area contributed by atoms with Gasteiger partial charge in [-0.2, -0.15) is 0 Å². The predicted molar refractivity (Wildman–Crippen MR) is 79.8 cm³/mol. The standard InChI is InChI=1S/C16H18N2O2/c19-16(18-7-9-20-10-8-18)12-17-15-6-5-13-3-1-2-4-14(13)11-15/h1-6,11,17H,7-10,12H2. The number of amides is 1. The Morgan fingerprint density at radius 2 is 1.85 bits per heavy atom. The number of benzene rings is 2. The first-order valence-corrected chi connectivity index (χ1v) is 6.91. The molecule has 0 aliphatic carbocycles. The van der Waals surface area contributed by atoms with Gasteiger partial charge in [0.1, 0.15) is 0 Å². The van der Waals surface area contributed by atoms with Crippen LogP contribution in [0.1, 0.15) is 0 Å². The van der Waals surface area contributed by atoms with Gasteiger partial charge in [0.15, 0.2) is 0 Å². The van der Waals surface area contributed by atoms with Crippen LogP contribution in [-0.2, 0) is 9.53 Å². The number of carbonyl (C=O) groups excluding carboxylic acids is 1. The summed E-state index contributed by atoms with van der Waals surface area (Å²) in [4.78, 5) is 13.9. The number of carbonyl (C=O) groups is 1. The quantitative estimate of drug-likeness (QED) is 0.928. The van der Waals surface area contributed by atoms with Crippen molar-refractivity contribution in [3.05, 3.63) is 42.5 Å². The Kier molecular flexibility index (Phi) is 3.83. The van der Waals surface area contributed by atoms with E-state index in [2.05, 4.69) is 29.6 Å². The van der Waals surface area contributed by atoms with Gasteiger partial charge in [-0.25, -0.2) is 0 Å². The van der Waals surface area contributed by atoms with E-state index in [9.17, 15) is 4.79 Å². The fraction of sp³-hybridized carbons (Fsp3) is 0.312. The van der Waals surface area contributed by atoms with E-state index < -0.39 is 0 Å². The molecule has 1 N–H and O–H groups in total. The summed E-state index contributed by atoms with van der Waals surface area (Å²) in [6, 6.07) is 14.3. The van der Waals surface area contributed by atoms with Gasteiger partial charge in [0, 0.05) is 18.8 Å². The fourth-order valence-electron chi connectivity index (χ4n) is 2.40. The van der Waals surface area contributed by atoms with Crippen molar-refractivity contribution in [3.8, 4) is 0 Å². The van der Waals surface area contributed by atoms with Gasteiger partial charge in [0.2, 0.25) is 5.91 Å². The number of fused-ring (bicyclic) bond motifs is 1. The molecule has 4 nitrogen and oxygen atoms in total. The van der Waals surface area contributed by atoms with Gasteiger partial charge in [-0.3, -0.25) is 4.79 Å². The molecule has 2 aromatic rings. The smallest absolute Gasteiger partial charge is 0.242 e. The molecule has 0 saturated carbocycles. The van der Waals surface area contributed by atoms with E-state index in [4.69, 9.17) is 4.74 Å². The first kappa shape index (κ1) is 12.9. The third-order valence-electron chi connectivity index (χ3n) is 3.56. The van der Waals surface area contributed by atoms with Crippen LogP contribution in [0.4, 0.5) is 5.69 Å². The topological polar surface area (TPSA) is 41.6 Å². The van der Waals surface area contributed by atoms with Crippen molar-refractivity contribution in [1.29, 1.82) is 0 Å². The van der Waals surface area contributed by atoms with Gasteiger partial charge in [0.25, 0.3) is 0 Å². The molecule has 104 valence electrons. The molecule has 2 aromatic carbocycles. The van der Waals surface area contributed by atoms with E-state index in [1.54, 1.807) is 0 Å². The van der Waals surface area contributed by atoms with Crippen LogP contribution < -0.4 is 5.32 Å². The lowest BCUT2D eigenvalue weighted by Gasteiger charge is -2.27. The number of ether oxygens (including phenoxy) is 1. The third kappa shape index (κ3) is 2.91. The van der Waals surface area contributed by atoms with Crippen LogP contribution in [0.15, 0.2) is 42.5 Å². The lowest BCUT2D eigenvalue weighted by molar-refractivity contribution is -0.133. The highest BCUT2D eigenvalue weighted by molar-refractivity contribution is 5.87. The summed E-state index contributed by atoms with van der Waals surface area (Å²) in [6.45, 7) is 3.00. The molecule has 0 bridgehead atoms. The van der Waals surface area contributed by atoms with E-state index >= 15 is 0 Å². The van der Waals surface area contributed by atoms with Gasteiger partial charge >= 0.3 is 0 Å². The number of nitrogens with one attached hydrogen (secondary N) is 1. The van der Waals surface area contributed by atoms with Crippen molar-refractivity contribution in [2.45, 2.75) is 0 Å². The molecule has 1 fully saturated rings. The zero-order valence-electron chi connectivity index (χ0n) is 11.3. The molecular formula is C16H18N2O2. The summed E-state index contributed by atoms with van der Waals surface area (Å²) < 4.78 is 5.25. The number of hydrogen-bond acceptors (Lipinski definition) is 3. The number of rotatable bonds is 3. The SMILES string of the molecule is O=C(CNc1ccc2ccccc2c1)N1CCOCC1. The second kappa shape index (κ2) is 5.92. The summed E-state index contributed by atoms with van der Waals surface area (Å²) in [6.07, 6.45) is 0. The van der Waals surface area contributed by atoms with E-state index in [-0.39, 0.29) is 5.91 Å². The monoisotopic (exact) mass is 270 g/mol. The second-order valence-corrected chi connectivity index (χ2v) is 4.91. The Morgan fingerprint density at radius 1 is 1.10 bits per heavy atom. The molecule has 0 spiro atoms. The largest absolute Gasteiger partial charge is 0.378 e. The van der Waals surface area contributed by atoms with Crippen molar-refractivity contribution in [3.63, 3.8) is 0 Å². The van der Waals surface area contributed by atoms with E-state index in [1.165, 1.54) is 10.8 Å². The summed E-state index contributed by atoms with van der Waals surface area (Å²) in [5.41, 5.74) is 0.977. The van der Waals surface area contributed by atoms with Gasteiger partial charge in [-0.1, -0.05) is 30.3 Å². The average molecular weight is 270 g/mol. The fourth-order valence-corrected chi connectivity index (χ4v) is 2.40. The highest BCUT2D eigenvalue weighted by atomic mass is 16.5. The number of hydrogen-bond donors (Lipinski definition) is 1. The van der Waals surface area contributed by atoms with Crippen LogP contribution in [0, 0.1) is 0 Å². The van der Waals surface area contributed by atoms with Gasteiger partial charge in [-0.05, 0) is 22.9 Å². The minimum atomic E-state index is 0.126. The number of morpholine rings is 1. The molecule has 1 aliphatic rings. The van der Waals surface area contributed by atoms with Crippen LogP contribution in [0.2, 0.25) is 0 Å². The summed E-state index contributed by atoms with van der Waals surface area (Å²) in [5, 5.41) is 5.59. The van der Waals surface area contributed by atoms with Crippen molar-refractivity contribution in [1.82, 2.24) is 4.90 Å². The van der Waals surface area contributed by atoms with Crippen molar-refractivity contribution < 1.29 is 9.53 Å².